The van der Waals surface area contributed by atoms with Crippen molar-refractivity contribution in [3.8, 4) is 12.3 Å². The van der Waals surface area contributed by atoms with E-state index in [1.165, 1.54) is 0 Å². The molecule has 1 saturated carbocycles. The number of amides is 2. The minimum atomic E-state index is -0.488. The van der Waals surface area contributed by atoms with Crippen LogP contribution >= 0.6 is 0 Å². The standard InChI is InChI=1S/C22H30N2O2/c1-4-6-15-23-21(25)20(18-12-8-9-13-18)24(16-5-2)22(26)19-14-10-7-11-17(19)3/h2,7,10-11,14,18,20H,4,6,8-9,12-13,15-16H2,1,3H3,(H,23,25). The van der Waals surface area contributed by atoms with Crippen molar-refractivity contribution in [2.24, 2.45) is 5.92 Å². The number of nitrogens with zero attached hydrogens (tertiary/aromatic N) is 1. The van der Waals surface area contributed by atoms with Crippen molar-refractivity contribution in [2.75, 3.05) is 13.1 Å². The number of hydrogen-bond acceptors (Lipinski definition) is 2. The Hall–Kier alpha value is -2.28. The van der Waals surface area contributed by atoms with Crippen LogP contribution in [-0.2, 0) is 4.79 Å². The molecule has 26 heavy (non-hydrogen) atoms. The molecule has 1 aromatic rings. The molecule has 4 nitrogen and oxygen atoms in total. The molecule has 0 radical (unpaired) electrons. The van der Waals surface area contributed by atoms with Gasteiger partial charge in [-0.2, -0.15) is 0 Å². The topological polar surface area (TPSA) is 49.4 Å². The summed E-state index contributed by atoms with van der Waals surface area (Å²) >= 11 is 0. The van der Waals surface area contributed by atoms with Crippen molar-refractivity contribution >= 4 is 11.8 Å². The van der Waals surface area contributed by atoms with Gasteiger partial charge in [-0.3, -0.25) is 9.59 Å². The number of aryl methyl sites for hydroxylation is 1. The number of carbonyl (C=O) groups excluding carboxylic acids is 2. The molecule has 1 unspecified atom stereocenters. The Morgan fingerprint density at radius 2 is 2.00 bits per heavy atom. The van der Waals surface area contributed by atoms with Crippen molar-refractivity contribution in [2.45, 2.75) is 58.4 Å². The first-order valence-corrected chi connectivity index (χ1v) is 9.68. The minimum Gasteiger partial charge on any atom is -0.354 e. The fraction of sp³-hybridized carbons (Fsp3) is 0.545. The van der Waals surface area contributed by atoms with Gasteiger partial charge in [0.2, 0.25) is 5.91 Å². The van der Waals surface area contributed by atoms with Crippen LogP contribution in [0.2, 0.25) is 0 Å². The quantitative estimate of drug-likeness (QED) is 0.573. The van der Waals surface area contributed by atoms with Crippen LogP contribution in [0.15, 0.2) is 24.3 Å². The molecule has 2 amide bonds. The number of benzene rings is 1. The summed E-state index contributed by atoms with van der Waals surface area (Å²) in [6.07, 6.45) is 11.7. The first kappa shape index (κ1) is 20.0. The highest BCUT2D eigenvalue weighted by molar-refractivity contribution is 5.99. The Labute approximate surface area is 157 Å². The Morgan fingerprint density at radius 3 is 2.62 bits per heavy atom. The van der Waals surface area contributed by atoms with Crippen LogP contribution in [0.3, 0.4) is 0 Å². The van der Waals surface area contributed by atoms with Crippen LogP contribution in [-0.4, -0.2) is 35.8 Å². The number of unbranched alkanes of at least 4 members (excludes halogenated alkanes) is 1. The third-order valence-electron chi connectivity index (χ3n) is 5.18. The molecule has 1 aliphatic rings. The molecule has 1 atom stereocenters. The van der Waals surface area contributed by atoms with Crippen LogP contribution in [0.5, 0.6) is 0 Å². The van der Waals surface area contributed by atoms with E-state index in [-0.39, 0.29) is 24.3 Å². The first-order valence-electron chi connectivity index (χ1n) is 9.68. The van der Waals surface area contributed by atoms with Gasteiger partial charge >= 0.3 is 0 Å². The number of rotatable bonds is 8. The fourth-order valence-corrected chi connectivity index (χ4v) is 3.74. The van der Waals surface area contributed by atoms with Gasteiger partial charge < -0.3 is 10.2 Å². The van der Waals surface area contributed by atoms with Gasteiger partial charge in [0, 0.05) is 12.1 Å². The summed E-state index contributed by atoms with van der Waals surface area (Å²) in [4.78, 5) is 27.8. The van der Waals surface area contributed by atoms with E-state index in [1.807, 2.05) is 31.2 Å². The van der Waals surface area contributed by atoms with Crippen molar-refractivity contribution in [3.63, 3.8) is 0 Å². The lowest BCUT2D eigenvalue weighted by Gasteiger charge is -2.34. The molecule has 0 bridgehead atoms. The number of terminal acetylenes is 1. The monoisotopic (exact) mass is 354 g/mol. The van der Waals surface area contributed by atoms with Gasteiger partial charge in [-0.05, 0) is 43.7 Å². The summed E-state index contributed by atoms with van der Waals surface area (Å²) in [7, 11) is 0. The molecule has 0 spiro atoms. The van der Waals surface area contributed by atoms with Gasteiger partial charge in [-0.1, -0.05) is 50.3 Å². The predicted octanol–water partition coefficient (Wildman–Crippen LogP) is 3.55. The smallest absolute Gasteiger partial charge is 0.255 e. The van der Waals surface area contributed by atoms with Crippen LogP contribution in [0.4, 0.5) is 0 Å². The highest BCUT2D eigenvalue weighted by Crippen LogP contribution is 2.31. The molecule has 1 aromatic carbocycles. The van der Waals surface area contributed by atoms with Crippen molar-refractivity contribution in [1.29, 1.82) is 0 Å². The number of nitrogens with one attached hydrogen (secondary N) is 1. The van der Waals surface area contributed by atoms with Crippen LogP contribution in [0.1, 0.15) is 61.4 Å². The molecule has 0 aliphatic heterocycles. The molecule has 0 aromatic heterocycles. The second-order valence-corrected chi connectivity index (χ2v) is 7.09. The zero-order valence-corrected chi connectivity index (χ0v) is 16.0. The Bertz CT molecular complexity index is 656. The van der Waals surface area contributed by atoms with E-state index in [1.54, 1.807) is 4.90 Å². The third kappa shape index (κ3) is 4.88. The summed E-state index contributed by atoms with van der Waals surface area (Å²) in [6, 6.07) is 6.98. The SMILES string of the molecule is C#CCN(C(=O)c1ccccc1C)C(C(=O)NCCCC)C1CCCC1. The zero-order valence-electron chi connectivity index (χ0n) is 16.0. The van der Waals surface area contributed by atoms with Crippen molar-refractivity contribution in [1.82, 2.24) is 10.2 Å². The summed E-state index contributed by atoms with van der Waals surface area (Å²) in [6.45, 7) is 4.79. The Kier molecular flexibility index (Phi) is 7.72. The maximum absolute atomic E-state index is 13.2. The average molecular weight is 354 g/mol. The average Bonchev–Trinajstić information content (AvgIpc) is 3.15. The lowest BCUT2D eigenvalue weighted by Crippen LogP contribution is -2.53. The highest BCUT2D eigenvalue weighted by Gasteiger charge is 2.37. The number of hydrogen-bond donors (Lipinski definition) is 1. The molecule has 4 heteroatoms. The summed E-state index contributed by atoms with van der Waals surface area (Å²) in [5, 5.41) is 3.02. The first-order chi connectivity index (χ1) is 12.6. The summed E-state index contributed by atoms with van der Waals surface area (Å²) < 4.78 is 0. The van der Waals surface area contributed by atoms with Gasteiger partial charge in [-0.15, -0.1) is 6.42 Å². The van der Waals surface area contributed by atoms with E-state index in [2.05, 4.69) is 18.2 Å². The van der Waals surface area contributed by atoms with E-state index in [0.717, 1.165) is 44.1 Å². The van der Waals surface area contributed by atoms with Gasteiger partial charge in [0.1, 0.15) is 6.04 Å². The molecule has 140 valence electrons. The van der Waals surface area contributed by atoms with E-state index < -0.39 is 6.04 Å². The lowest BCUT2D eigenvalue weighted by molar-refractivity contribution is -0.127. The second kappa shape index (κ2) is 10.0. The molecular formula is C22H30N2O2. The molecule has 1 fully saturated rings. The van der Waals surface area contributed by atoms with E-state index in [4.69, 9.17) is 6.42 Å². The molecule has 1 aliphatic carbocycles. The molecule has 1 N–H and O–H groups in total. The largest absolute Gasteiger partial charge is 0.354 e. The van der Waals surface area contributed by atoms with Crippen molar-refractivity contribution < 1.29 is 9.59 Å². The fourth-order valence-electron chi connectivity index (χ4n) is 3.74. The molecule has 0 saturated heterocycles. The zero-order chi connectivity index (χ0) is 18.9. The van der Waals surface area contributed by atoms with E-state index in [9.17, 15) is 9.59 Å². The van der Waals surface area contributed by atoms with Gasteiger partial charge in [0.15, 0.2) is 0 Å². The van der Waals surface area contributed by atoms with Crippen LogP contribution < -0.4 is 5.32 Å². The lowest BCUT2D eigenvalue weighted by atomic mass is 9.94. The van der Waals surface area contributed by atoms with Gasteiger partial charge in [0.05, 0.1) is 6.54 Å². The van der Waals surface area contributed by atoms with Crippen LogP contribution in [0.25, 0.3) is 0 Å². The predicted molar refractivity (Wildman–Crippen MR) is 105 cm³/mol. The molecular weight excluding hydrogens is 324 g/mol. The normalized spacial score (nSPS) is 15.3. The van der Waals surface area contributed by atoms with E-state index in [0.29, 0.717) is 12.1 Å². The van der Waals surface area contributed by atoms with Crippen LogP contribution in [0, 0.1) is 25.2 Å². The summed E-state index contributed by atoms with van der Waals surface area (Å²) in [5.41, 5.74) is 1.52. The van der Waals surface area contributed by atoms with Gasteiger partial charge in [-0.25, -0.2) is 0 Å². The Balaban J connectivity index is 2.30. The summed E-state index contributed by atoms with van der Waals surface area (Å²) in [5.74, 6) is 2.55. The second-order valence-electron chi connectivity index (χ2n) is 7.09. The maximum atomic E-state index is 13.2. The Morgan fingerprint density at radius 1 is 1.31 bits per heavy atom. The van der Waals surface area contributed by atoms with E-state index >= 15 is 0 Å². The third-order valence-corrected chi connectivity index (χ3v) is 5.18. The highest BCUT2D eigenvalue weighted by atomic mass is 16.2. The van der Waals surface area contributed by atoms with Gasteiger partial charge in [0.25, 0.3) is 5.91 Å². The number of carbonyl (C=O) groups is 2. The maximum Gasteiger partial charge on any atom is 0.255 e. The minimum absolute atomic E-state index is 0.0671. The molecule has 0 heterocycles. The molecule has 2 rings (SSSR count). The van der Waals surface area contributed by atoms with Crippen molar-refractivity contribution in [3.05, 3.63) is 35.4 Å².